The molecule has 2 aromatic rings. The quantitative estimate of drug-likeness (QED) is 0.849. The molecule has 0 fully saturated rings. The van der Waals surface area contributed by atoms with Gasteiger partial charge in [-0.1, -0.05) is 25.1 Å². The Morgan fingerprint density at radius 3 is 2.89 bits per heavy atom. The summed E-state index contributed by atoms with van der Waals surface area (Å²) in [7, 11) is 0. The Morgan fingerprint density at radius 1 is 1.33 bits per heavy atom. The molecule has 1 aromatic heterocycles. The van der Waals surface area contributed by atoms with Crippen molar-refractivity contribution in [2.24, 2.45) is 0 Å². The first-order valence-corrected chi connectivity index (χ1v) is 6.48. The summed E-state index contributed by atoms with van der Waals surface area (Å²) in [6.45, 7) is 4.42. The van der Waals surface area contributed by atoms with Crippen LogP contribution in [0.5, 0.6) is 0 Å². The second-order valence-electron chi connectivity index (χ2n) is 4.59. The molecule has 0 radical (unpaired) electrons. The molecule has 0 aliphatic carbocycles. The van der Waals surface area contributed by atoms with E-state index in [1.807, 2.05) is 12.3 Å². The minimum atomic E-state index is 0.216. The van der Waals surface area contributed by atoms with Gasteiger partial charge in [-0.05, 0) is 31.4 Å². The molecule has 96 valence electrons. The largest absolute Gasteiger partial charge is 0.396 e. The predicted octanol–water partition coefficient (Wildman–Crippen LogP) is 3.12. The molecular formula is C15H20N2O. The first kappa shape index (κ1) is 12.8. The van der Waals surface area contributed by atoms with E-state index in [0.717, 1.165) is 29.4 Å². The average molecular weight is 244 g/mol. The molecule has 18 heavy (non-hydrogen) atoms. The van der Waals surface area contributed by atoms with Crippen LogP contribution in [0.25, 0.3) is 10.9 Å². The van der Waals surface area contributed by atoms with Crippen LogP contribution < -0.4 is 5.32 Å². The minimum absolute atomic E-state index is 0.216. The number of hydrogen-bond acceptors (Lipinski definition) is 3. The summed E-state index contributed by atoms with van der Waals surface area (Å²) in [6.07, 6.45) is 3.60. The van der Waals surface area contributed by atoms with Gasteiger partial charge in [-0.15, -0.1) is 0 Å². The highest BCUT2D eigenvalue weighted by atomic mass is 16.3. The summed E-state index contributed by atoms with van der Waals surface area (Å²) in [4.78, 5) is 4.43. The lowest BCUT2D eigenvalue weighted by molar-refractivity contribution is 0.278. The normalized spacial score (nSPS) is 12.6. The maximum atomic E-state index is 9.05. The third-order valence-electron chi connectivity index (χ3n) is 3.30. The number of benzene rings is 1. The Hall–Kier alpha value is -1.61. The number of aliphatic hydroxyl groups is 1. The van der Waals surface area contributed by atoms with Crippen molar-refractivity contribution in [1.29, 1.82) is 0 Å². The van der Waals surface area contributed by atoms with Gasteiger partial charge in [-0.3, -0.25) is 4.98 Å². The number of rotatable bonds is 5. The molecule has 0 spiro atoms. The fourth-order valence-corrected chi connectivity index (χ4v) is 2.20. The smallest absolute Gasteiger partial charge is 0.0751 e. The zero-order valence-electron chi connectivity index (χ0n) is 11.0. The molecule has 1 atom stereocenters. The van der Waals surface area contributed by atoms with Crippen LogP contribution in [0, 0.1) is 6.92 Å². The van der Waals surface area contributed by atoms with E-state index in [4.69, 9.17) is 5.11 Å². The summed E-state index contributed by atoms with van der Waals surface area (Å²) >= 11 is 0. The van der Waals surface area contributed by atoms with Gasteiger partial charge in [0.1, 0.15) is 0 Å². The minimum Gasteiger partial charge on any atom is -0.396 e. The number of aliphatic hydroxyl groups excluding tert-OH is 1. The fraction of sp³-hybridized carbons (Fsp3) is 0.400. The average Bonchev–Trinajstić information content (AvgIpc) is 2.39. The molecule has 3 heteroatoms. The van der Waals surface area contributed by atoms with Crippen LogP contribution in [0.1, 0.15) is 25.3 Å². The van der Waals surface area contributed by atoms with Gasteiger partial charge >= 0.3 is 0 Å². The Bertz CT molecular complexity index is 525. The van der Waals surface area contributed by atoms with E-state index in [9.17, 15) is 0 Å². The molecule has 0 saturated heterocycles. The van der Waals surface area contributed by atoms with Crippen LogP contribution in [0.3, 0.4) is 0 Å². The zero-order chi connectivity index (χ0) is 13.0. The summed E-state index contributed by atoms with van der Waals surface area (Å²) in [6, 6.07) is 8.52. The summed E-state index contributed by atoms with van der Waals surface area (Å²) in [5, 5.41) is 13.7. The van der Waals surface area contributed by atoms with Crippen molar-refractivity contribution in [3.63, 3.8) is 0 Å². The molecule has 1 unspecified atom stereocenters. The molecule has 2 rings (SSSR count). The third kappa shape index (κ3) is 2.62. The molecule has 0 amide bonds. The van der Waals surface area contributed by atoms with E-state index in [1.54, 1.807) is 0 Å². The Balaban J connectivity index is 2.36. The highest BCUT2D eigenvalue weighted by Gasteiger charge is 2.08. The van der Waals surface area contributed by atoms with Gasteiger partial charge in [0.25, 0.3) is 0 Å². The SMILES string of the molecule is CCC(CCO)Nc1ccnc2c(C)cccc12. The van der Waals surface area contributed by atoms with E-state index >= 15 is 0 Å². The first-order valence-electron chi connectivity index (χ1n) is 6.48. The van der Waals surface area contributed by atoms with Crippen molar-refractivity contribution >= 4 is 16.6 Å². The molecule has 0 aliphatic heterocycles. The third-order valence-corrected chi connectivity index (χ3v) is 3.30. The van der Waals surface area contributed by atoms with Crippen molar-refractivity contribution in [2.45, 2.75) is 32.7 Å². The van der Waals surface area contributed by atoms with Gasteiger partial charge in [-0.2, -0.15) is 0 Å². The number of aromatic nitrogens is 1. The van der Waals surface area contributed by atoms with Crippen molar-refractivity contribution in [2.75, 3.05) is 11.9 Å². The van der Waals surface area contributed by atoms with E-state index in [2.05, 4.69) is 42.3 Å². The number of para-hydroxylation sites is 1. The highest BCUT2D eigenvalue weighted by Crippen LogP contribution is 2.25. The predicted molar refractivity (Wildman–Crippen MR) is 75.9 cm³/mol. The first-order chi connectivity index (χ1) is 8.76. The number of aryl methyl sites for hydroxylation is 1. The molecule has 3 nitrogen and oxygen atoms in total. The van der Waals surface area contributed by atoms with E-state index in [-0.39, 0.29) is 6.61 Å². The lowest BCUT2D eigenvalue weighted by Crippen LogP contribution is -2.20. The molecule has 0 bridgehead atoms. The number of nitrogens with zero attached hydrogens (tertiary/aromatic N) is 1. The second kappa shape index (κ2) is 5.83. The highest BCUT2D eigenvalue weighted by molar-refractivity contribution is 5.92. The topological polar surface area (TPSA) is 45.1 Å². The van der Waals surface area contributed by atoms with Crippen LogP contribution in [0.4, 0.5) is 5.69 Å². The molecule has 2 N–H and O–H groups in total. The van der Waals surface area contributed by atoms with Crippen LogP contribution in [0.15, 0.2) is 30.5 Å². The van der Waals surface area contributed by atoms with Crippen LogP contribution >= 0.6 is 0 Å². The van der Waals surface area contributed by atoms with Gasteiger partial charge < -0.3 is 10.4 Å². The second-order valence-corrected chi connectivity index (χ2v) is 4.59. The van der Waals surface area contributed by atoms with Crippen molar-refractivity contribution in [1.82, 2.24) is 4.98 Å². The van der Waals surface area contributed by atoms with Crippen molar-refractivity contribution in [3.8, 4) is 0 Å². The fourth-order valence-electron chi connectivity index (χ4n) is 2.20. The molecule has 0 saturated carbocycles. The lowest BCUT2D eigenvalue weighted by Gasteiger charge is -2.18. The van der Waals surface area contributed by atoms with Gasteiger partial charge in [0.2, 0.25) is 0 Å². The van der Waals surface area contributed by atoms with Crippen molar-refractivity contribution in [3.05, 3.63) is 36.0 Å². The number of hydrogen-bond donors (Lipinski definition) is 2. The van der Waals surface area contributed by atoms with E-state index in [0.29, 0.717) is 6.04 Å². The monoisotopic (exact) mass is 244 g/mol. The van der Waals surface area contributed by atoms with Gasteiger partial charge in [0, 0.05) is 29.9 Å². The summed E-state index contributed by atoms with van der Waals surface area (Å²) in [5.41, 5.74) is 3.33. The summed E-state index contributed by atoms with van der Waals surface area (Å²) < 4.78 is 0. The van der Waals surface area contributed by atoms with E-state index < -0.39 is 0 Å². The Kier molecular flexibility index (Phi) is 4.15. The van der Waals surface area contributed by atoms with Gasteiger partial charge in [0.15, 0.2) is 0 Å². The van der Waals surface area contributed by atoms with Gasteiger partial charge in [0.05, 0.1) is 5.52 Å². The zero-order valence-corrected chi connectivity index (χ0v) is 11.0. The van der Waals surface area contributed by atoms with Crippen LogP contribution in [0.2, 0.25) is 0 Å². The molecular weight excluding hydrogens is 224 g/mol. The van der Waals surface area contributed by atoms with Crippen LogP contribution in [-0.4, -0.2) is 22.7 Å². The van der Waals surface area contributed by atoms with Crippen LogP contribution in [-0.2, 0) is 0 Å². The van der Waals surface area contributed by atoms with E-state index in [1.165, 1.54) is 5.56 Å². The maximum absolute atomic E-state index is 9.05. The Labute approximate surface area is 108 Å². The molecule has 1 aromatic carbocycles. The number of pyridine rings is 1. The number of fused-ring (bicyclic) bond motifs is 1. The standard InChI is InChI=1S/C15H20N2O/c1-3-12(8-10-18)17-14-7-9-16-15-11(2)5-4-6-13(14)15/h4-7,9,12,18H,3,8,10H2,1-2H3,(H,16,17). The Morgan fingerprint density at radius 2 is 2.17 bits per heavy atom. The van der Waals surface area contributed by atoms with Gasteiger partial charge in [-0.25, -0.2) is 0 Å². The molecule has 0 aliphatic rings. The summed E-state index contributed by atoms with van der Waals surface area (Å²) in [5.74, 6) is 0. The lowest BCUT2D eigenvalue weighted by atomic mass is 10.1. The number of anilines is 1. The maximum Gasteiger partial charge on any atom is 0.0751 e. The van der Waals surface area contributed by atoms with Crippen molar-refractivity contribution < 1.29 is 5.11 Å². The molecule has 1 heterocycles. The number of nitrogens with one attached hydrogen (secondary N) is 1.